The summed E-state index contributed by atoms with van der Waals surface area (Å²) in [6, 6.07) is 0. The van der Waals surface area contributed by atoms with E-state index in [1.807, 2.05) is 20.8 Å². The predicted octanol–water partition coefficient (Wildman–Crippen LogP) is 2.44. The summed E-state index contributed by atoms with van der Waals surface area (Å²) in [4.78, 5) is 23.2. The fourth-order valence-corrected chi connectivity index (χ4v) is 1.72. The van der Waals surface area contributed by atoms with Gasteiger partial charge < -0.3 is 18.9 Å². The molecular weight excluding hydrogens is 276 g/mol. The molecule has 124 valence electrons. The van der Waals surface area contributed by atoms with Crippen LogP contribution >= 0.6 is 0 Å². The zero-order valence-electron chi connectivity index (χ0n) is 13.6. The standard InChI is InChI=1S/C15H28O6/c1-5-8-12(4)20-13(16)11-14(17)21-15(19-7-3)9-10-18-6-2/h12,15H,5-11H2,1-4H3. The molecule has 0 rings (SSSR count). The van der Waals surface area contributed by atoms with Gasteiger partial charge >= 0.3 is 11.9 Å². The van der Waals surface area contributed by atoms with E-state index in [9.17, 15) is 9.59 Å². The molecule has 0 aromatic rings. The fraction of sp³-hybridized carbons (Fsp3) is 0.867. The second kappa shape index (κ2) is 12.6. The number of esters is 2. The molecule has 6 heteroatoms. The molecule has 0 aromatic heterocycles. The molecule has 6 nitrogen and oxygen atoms in total. The lowest BCUT2D eigenvalue weighted by atomic mass is 10.2. The van der Waals surface area contributed by atoms with Crippen molar-refractivity contribution in [3.05, 3.63) is 0 Å². The molecule has 0 aliphatic heterocycles. The number of carbonyl (C=O) groups is 2. The summed E-state index contributed by atoms with van der Waals surface area (Å²) in [5.74, 6) is -1.21. The number of rotatable bonds is 12. The maximum Gasteiger partial charge on any atom is 0.319 e. The van der Waals surface area contributed by atoms with Crippen LogP contribution in [0.2, 0.25) is 0 Å². The lowest BCUT2D eigenvalue weighted by molar-refractivity contribution is -0.184. The van der Waals surface area contributed by atoms with Gasteiger partial charge in [0, 0.05) is 19.6 Å². The van der Waals surface area contributed by atoms with Gasteiger partial charge in [0.1, 0.15) is 6.42 Å². The van der Waals surface area contributed by atoms with Crippen LogP contribution in [0.4, 0.5) is 0 Å². The Morgan fingerprint density at radius 2 is 1.62 bits per heavy atom. The molecule has 2 atom stereocenters. The van der Waals surface area contributed by atoms with Crippen molar-refractivity contribution >= 4 is 11.9 Å². The summed E-state index contributed by atoms with van der Waals surface area (Å²) in [6.45, 7) is 8.95. The van der Waals surface area contributed by atoms with Crippen molar-refractivity contribution < 1.29 is 28.5 Å². The van der Waals surface area contributed by atoms with Crippen LogP contribution in [-0.4, -0.2) is 44.2 Å². The van der Waals surface area contributed by atoms with Gasteiger partial charge in [-0.3, -0.25) is 9.59 Å². The average Bonchev–Trinajstić information content (AvgIpc) is 2.38. The molecule has 21 heavy (non-hydrogen) atoms. The highest BCUT2D eigenvalue weighted by atomic mass is 16.7. The Labute approximate surface area is 127 Å². The van der Waals surface area contributed by atoms with E-state index in [0.29, 0.717) is 26.2 Å². The lowest BCUT2D eigenvalue weighted by Crippen LogP contribution is -2.26. The van der Waals surface area contributed by atoms with Gasteiger partial charge in [-0.2, -0.15) is 0 Å². The molecule has 0 N–H and O–H groups in total. The first-order valence-corrected chi connectivity index (χ1v) is 7.61. The van der Waals surface area contributed by atoms with Crippen molar-refractivity contribution in [1.82, 2.24) is 0 Å². The molecule has 0 aliphatic rings. The lowest BCUT2D eigenvalue weighted by Gasteiger charge is -2.18. The summed E-state index contributed by atoms with van der Waals surface area (Å²) in [7, 11) is 0. The molecule has 0 aromatic carbocycles. The van der Waals surface area contributed by atoms with Crippen molar-refractivity contribution in [2.24, 2.45) is 0 Å². The van der Waals surface area contributed by atoms with Gasteiger partial charge in [0.2, 0.25) is 6.29 Å². The highest BCUT2D eigenvalue weighted by molar-refractivity contribution is 5.91. The number of hydrogen-bond donors (Lipinski definition) is 0. The molecule has 0 amide bonds. The summed E-state index contributed by atoms with van der Waals surface area (Å²) < 4.78 is 20.7. The number of ether oxygens (including phenoxy) is 4. The van der Waals surface area contributed by atoms with Gasteiger partial charge in [0.05, 0.1) is 12.7 Å². The third-order valence-electron chi connectivity index (χ3n) is 2.63. The normalized spacial score (nSPS) is 13.5. The first-order valence-electron chi connectivity index (χ1n) is 7.61. The Morgan fingerprint density at radius 3 is 2.19 bits per heavy atom. The molecule has 0 fully saturated rings. The Bertz CT molecular complexity index is 292. The van der Waals surface area contributed by atoms with E-state index < -0.39 is 24.6 Å². The quantitative estimate of drug-likeness (QED) is 0.239. The van der Waals surface area contributed by atoms with Crippen molar-refractivity contribution in [3.8, 4) is 0 Å². The van der Waals surface area contributed by atoms with E-state index in [4.69, 9.17) is 18.9 Å². The maximum absolute atomic E-state index is 11.7. The number of carbonyl (C=O) groups excluding carboxylic acids is 2. The van der Waals surface area contributed by atoms with E-state index in [0.717, 1.165) is 12.8 Å². The first-order chi connectivity index (χ1) is 10.0. The monoisotopic (exact) mass is 304 g/mol. The van der Waals surface area contributed by atoms with Crippen LogP contribution in [0, 0.1) is 0 Å². The maximum atomic E-state index is 11.7. The van der Waals surface area contributed by atoms with E-state index in [-0.39, 0.29) is 6.10 Å². The second-order valence-corrected chi connectivity index (χ2v) is 4.63. The zero-order valence-corrected chi connectivity index (χ0v) is 13.6. The Morgan fingerprint density at radius 1 is 0.952 bits per heavy atom. The van der Waals surface area contributed by atoms with Gasteiger partial charge in [-0.15, -0.1) is 0 Å². The topological polar surface area (TPSA) is 71.1 Å². The molecule has 0 heterocycles. The predicted molar refractivity (Wildman–Crippen MR) is 77.7 cm³/mol. The van der Waals surface area contributed by atoms with Gasteiger partial charge in [-0.05, 0) is 27.2 Å². The summed E-state index contributed by atoms with van der Waals surface area (Å²) in [5, 5.41) is 0. The summed E-state index contributed by atoms with van der Waals surface area (Å²) in [6.07, 6.45) is 0.867. The van der Waals surface area contributed by atoms with Crippen molar-refractivity contribution in [2.75, 3.05) is 19.8 Å². The molecule has 0 spiro atoms. The Hall–Kier alpha value is -1.14. The third-order valence-corrected chi connectivity index (χ3v) is 2.63. The molecule has 2 unspecified atom stereocenters. The molecule has 0 bridgehead atoms. The van der Waals surface area contributed by atoms with Crippen molar-refractivity contribution in [2.45, 2.75) is 65.8 Å². The van der Waals surface area contributed by atoms with E-state index >= 15 is 0 Å². The molecule has 0 radical (unpaired) electrons. The number of hydrogen-bond acceptors (Lipinski definition) is 6. The van der Waals surface area contributed by atoms with Crippen LogP contribution in [0.1, 0.15) is 53.4 Å². The van der Waals surface area contributed by atoms with Crippen LogP contribution in [0.15, 0.2) is 0 Å². The van der Waals surface area contributed by atoms with E-state index in [1.54, 1.807) is 6.92 Å². The molecule has 0 aliphatic carbocycles. The SMILES string of the molecule is CCCC(C)OC(=O)CC(=O)OC(CCOCC)OCC. The summed E-state index contributed by atoms with van der Waals surface area (Å²) in [5.41, 5.74) is 0. The van der Waals surface area contributed by atoms with Gasteiger partial charge in [-0.25, -0.2) is 0 Å². The van der Waals surface area contributed by atoms with Crippen molar-refractivity contribution in [3.63, 3.8) is 0 Å². The highest BCUT2D eigenvalue weighted by Crippen LogP contribution is 2.06. The van der Waals surface area contributed by atoms with Crippen LogP contribution in [0.25, 0.3) is 0 Å². The molecular formula is C15H28O6. The van der Waals surface area contributed by atoms with Crippen molar-refractivity contribution in [1.29, 1.82) is 0 Å². The fourth-order valence-electron chi connectivity index (χ4n) is 1.72. The Kier molecular flexibility index (Phi) is 11.9. The molecule has 0 saturated carbocycles. The van der Waals surface area contributed by atoms with Crippen LogP contribution in [-0.2, 0) is 28.5 Å². The average molecular weight is 304 g/mol. The van der Waals surface area contributed by atoms with Gasteiger partial charge in [-0.1, -0.05) is 13.3 Å². The minimum Gasteiger partial charge on any atom is -0.462 e. The van der Waals surface area contributed by atoms with Gasteiger partial charge in [0.25, 0.3) is 0 Å². The van der Waals surface area contributed by atoms with Crippen LogP contribution in [0.5, 0.6) is 0 Å². The second-order valence-electron chi connectivity index (χ2n) is 4.63. The molecule has 0 saturated heterocycles. The largest absolute Gasteiger partial charge is 0.462 e. The Balaban J connectivity index is 4.08. The van der Waals surface area contributed by atoms with Crippen LogP contribution in [0.3, 0.4) is 0 Å². The van der Waals surface area contributed by atoms with E-state index in [2.05, 4.69) is 0 Å². The van der Waals surface area contributed by atoms with Gasteiger partial charge in [0.15, 0.2) is 0 Å². The summed E-state index contributed by atoms with van der Waals surface area (Å²) >= 11 is 0. The minimum atomic E-state index is -0.685. The highest BCUT2D eigenvalue weighted by Gasteiger charge is 2.19. The van der Waals surface area contributed by atoms with Crippen LogP contribution < -0.4 is 0 Å². The van der Waals surface area contributed by atoms with E-state index in [1.165, 1.54) is 0 Å². The zero-order chi connectivity index (χ0) is 16.1. The first kappa shape index (κ1) is 19.9. The smallest absolute Gasteiger partial charge is 0.319 e. The minimum absolute atomic E-state index is 0.184. The third kappa shape index (κ3) is 11.2.